The van der Waals surface area contributed by atoms with E-state index in [2.05, 4.69) is 26.1 Å². The normalized spacial score (nSPS) is 17.3. The van der Waals surface area contributed by atoms with E-state index in [9.17, 15) is 4.79 Å². The predicted molar refractivity (Wildman–Crippen MR) is 77.8 cm³/mol. The Labute approximate surface area is 117 Å². The second kappa shape index (κ2) is 7.85. The number of ether oxygens (including phenoxy) is 1. The Kier molecular flexibility index (Phi) is 6.80. The fourth-order valence-electron chi connectivity index (χ4n) is 2.09. The van der Waals surface area contributed by atoms with Crippen molar-refractivity contribution in [3.05, 3.63) is 0 Å². The molecule has 1 rings (SSSR count). The summed E-state index contributed by atoms with van der Waals surface area (Å²) in [4.78, 5) is 12.0. The van der Waals surface area contributed by atoms with Crippen molar-refractivity contribution in [2.45, 2.75) is 46.5 Å². The van der Waals surface area contributed by atoms with E-state index in [1.165, 1.54) is 12.8 Å². The second-order valence-electron chi connectivity index (χ2n) is 6.86. The van der Waals surface area contributed by atoms with Crippen molar-refractivity contribution in [1.29, 1.82) is 0 Å². The van der Waals surface area contributed by atoms with E-state index in [1.54, 1.807) is 0 Å². The van der Waals surface area contributed by atoms with Gasteiger partial charge >= 0.3 is 0 Å². The molecule has 4 nitrogen and oxygen atoms in total. The van der Waals surface area contributed by atoms with Crippen LogP contribution in [0.1, 0.15) is 46.5 Å². The number of carbonyl (C=O) groups is 1. The summed E-state index contributed by atoms with van der Waals surface area (Å²) < 4.78 is 5.53. The van der Waals surface area contributed by atoms with Crippen LogP contribution in [0.2, 0.25) is 0 Å². The monoisotopic (exact) mass is 270 g/mol. The number of nitrogens with one attached hydrogen (secondary N) is 1. The number of nitrogens with two attached hydrogens (primary N) is 1. The van der Waals surface area contributed by atoms with Crippen molar-refractivity contribution < 1.29 is 9.53 Å². The van der Waals surface area contributed by atoms with Gasteiger partial charge in [-0.1, -0.05) is 20.8 Å². The zero-order valence-corrected chi connectivity index (χ0v) is 12.7. The topological polar surface area (TPSA) is 64.4 Å². The van der Waals surface area contributed by atoms with E-state index in [0.29, 0.717) is 13.1 Å². The van der Waals surface area contributed by atoms with Gasteiger partial charge in [-0.25, -0.2) is 0 Å². The third-order valence-electron chi connectivity index (χ3n) is 3.33. The molecule has 3 N–H and O–H groups in total. The Bertz CT molecular complexity index is 270. The number of hydrogen-bond donors (Lipinski definition) is 2. The highest BCUT2D eigenvalue weighted by molar-refractivity contribution is 5.78. The van der Waals surface area contributed by atoms with E-state index < -0.39 is 0 Å². The molecule has 1 unspecified atom stereocenters. The molecule has 0 aromatic carbocycles. The Morgan fingerprint density at radius 1 is 1.42 bits per heavy atom. The summed E-state index contributed by atoms with van der Waals surface area (Å²) in [5, 5.41) is 2.96. The summed E-state index contributed by atoms with van der Waals surface area (Å²) >= 11 is 0. The van der Waals surface area contributed by atoms with Gasteiger partial charge in [0.2, 0.25) is 5.91 Å². The molecule has 1 fully saturated rings. The maximum atomic E-state index is 12.0. The Balaban J connectivity index is 2.06. The van der Waals surface area contributed by atoms with Crippen LogP contribution >= 0.6 is 0 Å². The molecular formula is C15H30N2O2. The van der Waals surface area contributed by atoms with Crippen LogP contribution in [0.25, 0.3) is 0 Å². The summed E-state index contributed by atoms with van der Waals surface area (Å²) in [5.74, 6) is 0.815. The highest BCUT2D eigenvalue weighted by Crippen LogP contribution is 2.28. The van der Waals surface area contributed by atoms with E-state index in [1.807, 2.05) is 0 Å². The maximum absolute atomic E-state index is 12.0. The van der Waals surface area contributed by atoms with E-state index in [0.717, 1.165) is 32.0 Å². The zero-order chi connectivity index (χ0) is 14.3. The summed E-state index contributed by atoms with van der Waals surface area (Å²) in [6, 6.07) is 0. The summed E-state index contributed by atoms with van der Waals surface area (Å²) in [6.07, 6.45) is 4.35. The third kappa shape index (κ3) is 8.22. The van der Waals surface area contributed by atoms with Crippen LogP contribution in [0.5, 0.6) is 0 Å². The van der Waals surface area contributed by atoms with Crippen LogP contribution in [0.3, 0.4) is 0 Å². The van der Waals surface area contributed by atoms with E-state index in [4.69, 9.17) is 10.5 Å². The highest BCUT2D eigenvalue weighted by Gasteiger charge is 2.23. The average molecular weight is 270 g/mol. The first-order chi connectivity index (χ1) is 8.92. The lowest BCUT2D eigenvalue weighted by atomic mass is 9.84. The lowest BCUT2D eigenvalue weighted by Gasteiger charge is -2.24. The Hall–Kier alpha value is -0.610. The number of rotatable bonds is 9. The first-order valence-corrected chi connectivity index (χ1v) is 7.48. The average Bonchev–Trinajstić information content (AvgIpc) is 3.13. The van der Waals surface area contributed by atoms with Crippen LogP contribution in [0.15, 0.2) is 0 Å². The second-order valence-corrected chi connectivity index (χ2v) is 6.86. The molecule has 1 aliphatic rings. The molecule has 0 spiro atoms. The fraction of sp³-hybridized carbons (Fsp3) is 0.933. The van der Waals surface area contributed by atoms with Gasteiger partial charge in [-0.15, -0.1) is 0 Å². The predicted octanol–water partition coefficient (Wildman–Crippen LogP) is 1.93. The van der Waals surface area contributed by atoms with Crippen LogP contribution in [-0.4, -0.2) is 32.2 Å². The molecule has 0 aromatic heterocycles. The number of amides is 1. The van der Waals surface area contributed by atoms with Gasteiger partial charge in [-0.2, -0.15) is 0 Å². The molecule has 1 amide bonds. The lowest BCUT2D eigenvalue weighted by molar-refractivity contribution is -0.125. The van der Waals surface area contributed by atoms with Gasteiger partial charge in [-0.05, 0) is 37.0 Å². The quantitative estimate of drug-likeness (QED) is 0.629. The molecule has 1 atom stereocenters. The van der Waals surface area contributed by atoms with Crippen molar-refractivity contribution >= 4 is 5.91 Å². The molecular weight excluding hydrogens is 240 g/mol. The Morgan fingerprint density at radius 2 is 2.11 bits per heavy atom. The first kappa shape index (κ1) is 16.4. The summed E-state index contributed by atoms with van der Waals surface area (Å²) in [7, 11) is 0. The zero-order valence-electron chi connectivity index (χ0n) is 12.7. The molecule has 0 saturated heterocycles. The molecule has 0 radical (unpaired) electrons. The molecule has 4 heteroatoms. The standard InChI is InChI=1S/C15H30N2O2/c1-15(2,3)9-13(10-16)14(18)17-7-4-8-19-11-12-5-6-12/h12-13H,4-11,16H2,1-3H3,(H,17,18). The van der Waals surface area contributed by atoms with Crippen molar-refractivity contribution in [1.82, 2.24) is 5.32 Å². The third-order valence-corrected chi connectivity index (χ3v) is 3.33. The molecule has 0 aliphatic heterocycles. The largest absolute Gasteiger partial charge is 0.381 e. The minimum atomic E-state index is -0.0765. The highest BCUT2D eigenvalue weighted by atomic mass is 16.5. The first-order valence-electron chi connectivity index (χ1n) is 7.48. The van der Waals surface area contributed by atoms with E-state index in [-0.39, 0.29) is 17.2 Å². The fourth-order valence-corrected chi connectivity index (χ4v) is 2.09. The van der Waals surface area contributed by atoms with Crippen LogP contribution in [0, 0.1) is 17.3 Å². The van der Waals surface area contributed by atoms with Crippen molar-refractivity contribution in [2.75, 3.05) is 26.3 Å². The molecule has 0 bridgehead atoms. The lowest BCUT2D eigenvalue weighted by Crippen LogP contribution is -2.37. The summed E-state index contributed by atoms with van der Waals surface area (Å²) in [6.45, 7) is 9.14. The van der Waals surface area contributed by atoms with Crippen LogP contribution in [-0.2, 0) is 9.53 Å². The maximum Gasteiger partial charge on any atom is 0.224 e. The minimum Gasteiger partial charge on any atom is -0.381 e. The van der Waals surface area contributed by atoms with Gasteiger partial charge in [0.1, 0.15) is 0 Å². The molecule has 1 saturated carbocycles. The summed E-state index contributed by atoms with van der Waals surface area (Å²) in [5.41, 5.74) is 5.82. The molecule has 0 heterocycles. The van der Waals surface area contributed by atoms with E-state index >= 15 is 0 Å². The number of carbonyl (C=O) groups excluding carboxylic acids is 1. The SMILES string of the molecule is CC(C)(C)CC(CN)C(=O)NCCCOCC1CC1. The van der Waals surface area contributed by atoms with Crippen LogP contribution < -0.4 is 11.1 Å². The molecule has 0 aromatic rings. The van der Waals surface area contributed by atoms with Gasteiger partial charge < -0.3 is 15.8 Å². The van der Waals surface area contributed by atoms with Crippen LogP contribution in [0.4, 0.5) is 0 Å². The van der Waals surface area contributed by atoms with Gasteiger partial charge in [0, 0.05) is 26.3 Å². The minimum absolute atomic E-state index is 0.0765. The molecule has 19 heavy (non-hydrogen) atoms. The van der Waals surface area contributed by atoms with Gasteiger partial charge in [-0.3, -0.25) is 4.79 Å². The smallest absolute Gasteiger partial charge is 0.224 e. The van der Waals surface area contributed by atoms with Gasteiger partial charge in [0.05, 0.1) is 5.92 Å². The van der Waals surface area contributed by atoms with Gasteiger partial charge in [0.15, 0.2) is 0 Å². The molecule has 112 valence electrons. The Morgan fingerprint density at radius 3 is 2.63 bits per heavy atom. The van der Waals surface area contributed by atoms with Crippen molar-refractivity contribution in [3.63, 3.8) is 0 Å². The molecule has 1 aliphatic carbocycles. The van der Waals surface area contributed by atoms with Crippen molar-refractivity contribution in [2.24, 2.45) is 23.0 Å². The van der Waals surface area contributed by atoms with Gasteiger partial charge in [0.25, 0.3) is 0 Å². The van der Waals surface area contributed by atoms with Crippen molar-refractivity contribution in [3.8, 4) is 0 Å². The number of hydrogen-bond acceptors (Lipinski definition) is 3.